The summed E-state index contributed by atoms with van der Waals surface area (Å²) in [6.07, 6.45) is 0. The molecule has 6 heteroatoms. The summed E-state index contributed by atoms with van der Waals surface area (Å²) in [5, 5.41) is 10.6. The van der Waals surface area contributed by atoms with E-state index in [-0.39, 0.29) is 16.3 Å². The Morgan fingerprint density at radius 3 is 2.50 bits per heavy atom. The molecule has 0 fully saturated rings. The van der Waals surface area contributed by atoms with Crippen molar-refractivity contribution in [2.45, 2.75) is 26.4 Å². The van der Waals surface area contributed by atoms with E-state index in [1.807, 2.05) is 20.8 Å². The molecule has 0 aromatic heterocycles. The van der Waals surface area contributed by atoms with Gasteiger partial charge in [-0.3, -0.25) is 10.1 Å². The van der Waals surface area contributed by atoms with Crippen molar-refractivity contribution < 1.29 is 14.4 Å². The molecular weight excluding hydrogens is 258 g/mol. The minimum atomic E-state index is -0.533. The van der Waals surface area contributed by atoms with Crippen LogP contribution >= 0.6 is 11.6 Å². The number of nitro benzene ring substituents is 1. The third kappa shape index (κ3) is 4.89. The smallest absolute Gasteiger partial charge is 0.288 e. The SMILES string of the molecule is CC(C)(C)OCCOc1ccc([N+](=O)[O-])c(Cl)c1. The highest BCUT2D eigenvalue weighted by Crippen LogP contribution is 2.28. The number of benzene rings is 1. The molecule has 0 atom stereocenters. The maximum Gasteiger partial charge on any atom is 0.288 e. The van der Waals surface area contributed by atoms with Crippen LogP contribution in [0.1, 0.15) is 20.8 Å². The maximum absolute atomic E-state index is 10.6. The van der Waals surface area contributed by atoms with Gasteiger partial charge in [-0.1, -0.05) is 11.6 Å². The van der Waals surface area contributed by atoms with Gasteiger partial charge in [0.25, 0.3) is 5.69 Å². The van der Waals surface area contributed by atoms with Crippen molar-refractivity contribution in [1.82, 2.24) is 0 Å². The highest BCUT2D eigenvalue weighted by atomic mass is 35.5. The van der Waals surface area contributed by atoms with Gasteiger partial charge in [0.2, 0.25) is 0 Å². The summed E-state index contributed by atoms with van der Waals surface area (Å²) in [5.74, 6) is 0.489. The number of rotatable bonds is 5. The molecule has 0 heterocycles. The first-order valence-corrected chi connectivity index (χ1v) is 5.88. The molecule has 0 aliphatic carbocycles. The van der Waals surface area contributed by atoms with Crippen molar-refractivity contribution >= 4 is 17.3 Å². The molecule has 1 aromatic carbocycles. The molecule has 0 aliphatic rings. The minimum absolute atomic E-state index is 0.0641. The first-order valence-electron chi connectivity index (χ1n) is 5.50. The molecule has 0 amide bonds. The normalized spacial score (nSPS) is 11.3. The number of ether oxygens (including phenoxy) is 2. The summed E-state index contributed by atoms with van der Waals surface area (Å²) in [4.78, 5) is 10.0. The number of hydrogen-bond acceptors (Lipinski definition) is 4. The van der Waals surface area contributed by atoms with E-state index in [1.165, 1.54) is 18.2 Å². The molecule has 0 aliphatic heterocycles. The molecule has 18 heavy (non-hydrogen) atoms. The Hall–Kier alpha value is -1.33. The van der Waals surface area contributed by atoms with Crippen molar-refractivity contribution in [3.8, 4) is 5.75 Å². The van der Waals surface area contributed by atoms with Gasteiger partial charge in [0.15, 0.2) is 0 Å². The summed E-state index contributed by atoms with van der Waals surface area (Å²) in [6, 6.07) is 4.26. The highest BCUT2D eigenvalue weighted by Gasteiger charge is 2.13. The third-order valence-electron chi connectivity index (χ3n) is 2.00. The Morgan fingerprint density at radius 1 is 1.33 bits per heavy atom. The molecule has 1 aromatic rings. The Bertz CT molecular complexity index is 429. The van der Waals surface area contributed by atoms with Crippen molar-refractivity contribution in [3.63, 3.8) is 0 Å². The van der Waals surface area contributed by atoms with Crippen LogP contribution in [0.15, 0.2) is 18.2 Å². The first-order chi connectivity index (χ1) is 8.29. The van der Waals surface area contributed by atoms with Gasteiger partial charge < -0.3 is 9.47 Å². The average molecular weight is 274 g/mol. The second-order valence-electron chi connectivity index (χ2n) is 4.68. The average Bonchev–Trinajstić information content (AvgIpc) is 2.22. The molecule has 0 unspecified atom stereocenters. The molecule has 0 saturated carbocycles. The van der Waals surface area contributed by atoms with Crippen molar-refractivity contribution in [3.05, 3.63) is 33.3 Å². The van der Waals surface area contributed by atoms with E-state index in [4.69, 9.17) is 21.1 Å². The number of nitrogens with zero attached hydrogens (tertiary/aromatic N) is 1. The second kappa shape index (κ2) is 6.02. The van der Waals surface area contributed by atoms with Crippen LogP contribution in [-0.2, 0) is 4.74 Å². The Labute approximate surface area is 111 Å². The minimum Gasteiger partial charge on any atom is -0.491 e. The van der Waals surface area contributed by atoms with Gasteiger partial charge in [-0.15, -0.1) is 0 Å². The first kappa shape index (κ1) is 14.7. The molecule has 1 rings (SSSR count). The van der Waals surface area contributed by atoms with Gasteiger partial charge in [-0.05, 0) is 26.8 Å². The van der Waals surface area contributed by atoms with Crippen LogP contribution in [0.2, 0.25) is 5.02 Å². The van der Waals surface area contributed by atoms with E-state index >= 15 is 0 Å². The zero-order valence-electron chi connectivity index (χ0n) is 10.6. The molecule has 0 N–H and O–H groups in total. The summed E-state index contributed by atoms with van der Waals surface area (Å²) in [6.45, 7) is 6.67. The quantitative estimate of drug-likeness (QED) is 0.468. The van der Waals surface area contributed by atoms with E-state index in [0.717, 1.165) is 0 Å². The Morgan fingerprint density at radius 2 is 2.00 bits per heavy atom. The molecule has 0 saturated heterocycles. The van der Waals surface area contributed by atoms with E-state index in [2.05, 4.69) is 0 Å². The lowest BCUT2D eigenvalue weighted by Gasteiger charge is -2.19. The van der Waals surface area contributed by atoms with Gasteiger partial charge in [0.1, 0.15) is 17.4 Å². The molecule has 0 radical (unpaired) electrons. The summed E-state index contributed by atoms with van der Waals surface area (Å²) in [5.41, 5.74) is -0.341. The molecule has 100 valence electrons. The van der Waals surface area contributed by atoms with Crippen molar-refractivity contribution in [2.75, 3.05) is 13.2 Å². The van der Waals surface area contributed by atoms with Gasteiger partial charge in [0, 0.05) is 12.1 Å². The molecule has 5 nitrogen and oxygen atoms in total. The summed E-state index contributed by atoms with van der Waals surface area (Å²) < 4.78 is 10.9. The van der Waals surface area contributed by atoms with Crippen molar-refractivity contribution in [2.24, 2.45) is 0 Å². The summed E-state index contributed by atoms with van der Waals surface area (Å²) >= 11 is 5.76. The van der Waals surface area contributed by atoms with E-state index in [0.29, 0.717) is 19.0 Å². The molecule has 0 bridgehead atoms. The molecule has 0 spiro atoms. The largest absolute Gasteiger partial charge is 0.491 e. The fourth-order valence-corrected chi connectivity index (χ4v) is 1.47. The Kier molecular flexibility index (Phi) is 4.93. The fourth-order valence-electron chi connectivity index (χ4n) is 1.23. The zero-order chi connectivity index (χ0) is 13.8. The topological polar surface area (TPSA) is 61.6 Å². The monoisotopic (exact) mass is 273 g/mol. The maximum atomic E-state index is 10.6. The van der Waals surface area contributed by atoms with Crippen LogP contribution < -0.4 is 4.74 Å². The number of hydrogen-bond donors (Lipinski definition) is 0. The van der Waals surface area contributed by atoms with Gasteiger partial charge in [0.05, 0.1) is 17.1 Å². The molecular formula is C12H16ClNO4. The summed E-state index contributed by atoms with van der Waals surface area (Å²) in [7, 11) is 0. The standard InChI is InChI=1S/C12H16ClNO4/c1-12(2,3)18-7-6-17-9-4-5-11(14(15)16)10(13)8-9/h4-5,8H,6-7H2,1-3H3. The van der Waals surface area contributed by atoms with Gasteiger partial charge in [-0.25, -0.2) is 0 Å². The predicted molar refractivity (Wildman–Crippen MR) is 69.3 cm³/mol. The fraction of sp³-hybridized carbons (Fsp3) is 0.500. The van der Waals surface area contributed by atoms with Crippen LogP contribution in [0.4, 0.5) is 5.69 Å². The predicted octanol–water partition coefficient (Wildman–Crippen LogP) is 3.44. The van der Waals surface area contributed by atoms with Gasteiger partial charge in [-0.2, -0.15) is 0 Å². The Balaban J connectivity index is 2.49. The highest BCUT2D eigenvalue weighted by molar-refractivity contribution is 6.32. The second-order valence-corrected chi connectivity index (χ2v) is 5.09. The lowest BCUT2D eigenvalue weighted by Crippen LogP contribution is -2.22. The zero-order valence-corrected chi connectivity index (χ0v) is 11.4. The van der Waals surface area contributed by atoms with Crippen LogP contribution in [0.3, 0.4) is 0 Å². The van der Waals surface area contributed by atoms with Crippen LogP contribution in [0, 0.1) is 10.1 Å². The van der Waals surface area contributed by atoms with Crippen LogP contribution in [0.5, 0.6) is 5.75 Å². The lowest BCUT2D eigenvalue weighted by atomic mass is 10.2. The van der Waals surface area contributed by atoms with Crippen LogP contribution in [-0.4, -0.2) is 23.7 Å². The van der Waals surface area contributed by atoms with E-state index < -0.39 is 4.92 Å². The van der Waals surface area contributed by atoms with Crippen molar-refractivity contribution in [1.29, 1.82) is 0 Å². The van der Waals surface area contributed by atoms with Crippen LogP contribution in [0.25, 0.3) is 0 Å². The van der Waals surface area contributed by atoms with Gasteiger partial charge >= 0.3 is 0 Å². The number of halogens is 1. The van der Waals surface area contributed by atoms with E-state index in [9.17, 15) is 10.1 Å². The lowest BCUT2D eigenvalue weighted by molar-refractivity contribution is -0.384. The third-order valence-corrected chi connectivity index (χ3v) is 2.31. The number of nitro groups is 1. The van der Waals surface area contributed by atoms with E-state index in [1.54, 1.807) is 0 Å².